The molecule has 1 aromatic carbocycles. The minimum absolute atomic E-state index is 0.0263. The molecule has 2 N–H and O–H groups in total. The summed E-state index contributed by atoms with van der Waals surface area (Å²) >= 11 is 0. The van der Waals surface area contributed by atoms with E-state index in [1.165, 1.54) is 0 Å². The minimum Gasteiger partial charge on any atom is -0.394 e. The Hall–Kier alpha value is -3.00. The number of nitrogens with one attached hydrogen (secondary N) is 1. The van der Waals surface area contributed by atoms with Crippen molar-refractivity contribution in [3.8, 4) is 0 Å². The van der Waals surface area contributed by atoms with Gasteiger partial charge in [0.2, 0.25) is 11.9 Å². The summed E-state index contributed by atoms with van der Waals surface area (Å²) < 4.78 is 0. The molecule has 8 heteroatoms. The Bertz CT molecular complexity index is 1080. The lowest BCUT2D eigenvalue weighted by Gasteiger charge is -2.27. The Balaban J connectivity index is 1.35. The monoisotopic (exact) mass is 463 g/mol. The van der Waals surface area contributed by atoms with E-state index in [9.17, 15) is 14.7 Å². The molecule has 0 bridgehead atoms. The molecule has 2 amide bonds. The van der Waals surface area contributed by atoms with Crippen molar-refractivity contribution in [3.05, 3.63) is 52.3 Å². The lowest BCUT2D eigenvalue weighted by Crippen LogP contribution is -2.38. The maximum absolute atomic E-state index is 12.7. The molecule has 5 rings (SSSR count). The summed E-state index contributed by atoms with van der Waals surface area (Å²) in [5.41, 5.74) is 4.13. The van der Waals surface area contributed by atoms with Crippen LogP contribution in [0.1, 0.15) is 72.4 Å². The first kappa shape index (κ1) is 22.8. The van der Waals surface area contributed by atoms with E-state index >= 15 is 0 Å². The maximum Gasteiger partial charge on any atom is 0.255 e. The fraction of sp³-hybridized carbons (Fsp3) is 0.538. The van der Waals surface area contributed by atoms with E-state index in [0.717, 1.165) is 54.7 Å². The lowest BCUT2D eigenvalue weighted by molar-refractivity contribution is -0.132. The van der Waals surface area contributed by atoms with Gasteiger partial charge in [0.1, 0.15) is 0 Å². The Morgan fingerprint density at radius 3 is 2.50 bits per heavy atom. The average molecular weight is 464 g/mol. The van der Waals surface area contributed by atoms with Crippen molar-refractivity contribution in [2.45, 2.75) is 77.0 Å². The van der Waals surface area contributed by atoms with Gasteiger partial charge in [-0.25, -0.2) is 9.97 Å². The summed E-state index contributed by atoms with van der Waals surface area (Å²) in [6, 6.07) is 8.69. The van der Waals surface area contributed by atoms with Gasteiger partial charge in [-0.1, -0.05) is 24.3 Å². The van der Waals surface area contributed by atoms with Gasteiger partial charge in [-0.2, -0.15) is 0 Å². The van der Waals surface area contributed by atoms with Crippen molar-refractivity contribution in [1.82, 2.24) is 20.2 Å². The van der Waals surface area contributed by atoms with Crippen LogP contribution in [0.4, 0.5) is 5.95 Å². The standard InChI is InChI=1S/C26H33N5O3/c1-16-5-6-17(2)31(16)26-28-21(24-22(29-26)14-27-25(24)34)12-18-7-9-19(10-8-18)13-23(33)30-11-3-4-20(30)15-32/h7-10,16-17,20,32H,3-6,11-15H2,1-2H3,(H,27,34)/t16-,17-,20+/m1/s1. The second-order valence-electron chi connectivity index (χ2n) is 9.89. The SMILES string of the molecule is C[C@@H]1CC[C@@H](C)N1c1nc2c(c(Cc3ccc(CC(=O)N4CCC[C@H]4CO)cc3)n1)C(=O)NC2. The summed E-state index contributed by atoms with van der Waals surface area (Å²) in [6.45, 7) is 5.60. The number of nitrogens with zero attached hydrogens (tertiary/aromatic N) is 4. The summed E-state index contributed by atoms with van der Waals surface area (Å²) in [7, 11) is 0. The van der Waals surface area contributed by atoms with Crippen LogP contribution in [0, 0.1) is 0 Å². The summed E-state index contributed by atoms with van der Waals surface area (Å²) in [5, 5.41) is 12.4. The molecule has 0 aliphatic carbocycles. The second kappa shape index (κ2) is 9.33. The number of aliphatic hydroxyl groups excluding tert-OH is 1. The highest BCUT2D eigenvalue weighted by Crippen LogP contribution is 2.30. The Kier molecular flexibility index (Phi) is 6.25. The summed E-state index contributed by atoms with van der Waals surface area (Å²) in [5.74, 6) is 0.674. The fourth-order valence-corrected chi connectivity index (χ4v) is 5.62. The molecule has 0 unspecified atom stereocenters. The number of rotatable bonds is 6. The van der Waals surface area contributed by atoms with E-state index < -0.39 is 0 Å². The zero-order valence-corrected chi connectivity index (χ0v) is 20.0. The molecule has 3 aliphatic heterocycles. The quantitative estimate of drug-likeness (QED) is 0.682. The Labute approximate surface area is 200 Å². The molecule has 2 aromatic rings. The molecule has 3 atom stereocenters. The van der Waals surface area contributed by atoms with E-state index in [1.807, 2.05) is 24.3 Å². The molecule has 0 radical (unpaired) electrons. The van der Waals surface area contributed by atoms with Crippen molar-refractivity contribution in [2.75, 3.05) is 18.1 Å². The number of hydrogen-bond donors (Lipinski definition) is 2. The van der Waals surface area contributed by atoms with Gasteiger partial charge in [0.05, 0.1) is 42.6 Å². The molecule has 3 aliphatic rings. The summed E-state index contributed by atoms with van der Waals surface area (Å²) in [6.07, 6.45) is 4.92. The number of amides is 2. The normalized spacial score (nSPS) is 24.0. The van der Waals surface area contributed by atoms with Gasteiger partial charge in [-0.3, -0.25) is 9.59 Å². The molecule has 180 valence electrons. The minimum atomic E-state index is -0.106. The van der Waals surface area contributed by atoms with Crippen LogP contribution in [0.3, 0.4) is 0 Å². The molecule has 0 saturated carbocycles. The van der Waals surface area contributed by atoms with Crippen LogP contribution >= 0.6 is 0 Å². The molecule has 2 saturated heterocycles. The average Bonchev–Trinajstić information content (AvgIpc) is 3.54. The summed E-state index contributed by atoms with van der Waals surface area (Å²) in [4.78, 5) is 38.9. The first-order chi connectivity index (χ1) is 16.4. The zero-order chi connectivity index (χ0) is 23.8. The van der Waals surface area contributed by atoms with Crippen molar-refractivity contribution in [3.63, 3.8) is 0 Å². The highest BCUT2D eigenvalue weighted by molar-refractivity contribution is 5.99. The second-order valence-corrected chi connectivity index (χ2v) is 9.89. The topological polar surface area (TPSA) is 98.7 Å². The van der Waals surface area contributed by atoms with Gasteiger partial charge in [-0.15, -0.1) is 0 Å². The zero-order valence-electron chi connectivity index (χ0n) is 20.0. The number of aliphatic hydroxyl groups is 1. The van der Waals surface area contributed by atoms with Crippen LogP contribution in [-0.4, -0.2) is 63.1 Å². The Morgan fingerprint density at radius 1 is 1.09 bits per heavy atom. The number of carbonyl (C=O) groups excluding carboxylic acids is 2. The highest BCUT2D eigenvalue weighted by Gasteiger charge is 2.33. The van der Waals surface area contributed by atoms with Crippen LogP contribution in [0.2, 0.25) is 0 Å². The lowest BCUT2D eigenvalue weighted by atomic mass is 10.0. The van der Waals surface area contributed by atoms with Gasteiger partial charge in [0.15, 0.2) is 0 Å². The largest absolute Gasteiger partial charge is 0.394 e. The van der Waals surface area contributed by atoms with Crippen LogP contribution in [0.15, 0.2) is 24.3 Å². The predicted molar refractivity (Wildman–Crippen MR) is 129 cm³/mol. The van der Waals surface area contributed by atoms with E-state index in [4.69, 9.17) is 9.97 Å². The van der Waals surface area contributed by atoms with Crippen molar-refractivity contribution in [2.24, 2.45) is 0 Å². The molecule has 8 nitrogen and oxygen atoms in total. The van der Waals surface area contributed by atoms with Gasteiger partial charge in [0, 0.05) is 25.0 Å². The van der Waals surface area contributed by atoms with E-state index in [2.05, 4.69) is 24.1 Å². The first-order valence-corrected chi connectivity index (χ1v) is 12.4. The van der Waals surface area contributed by atoms with E-state index in [1.54, 1.807) is 4.90 Å². The van der Waals surface area contributed by atoms with Gasteiger partial charge in [0.25, 0.3) is 5.91 Å². The smallest absolute Gasteiger partial charge is 0.255 e. The number of benzene rings is 1. The number of fused-ring (bicyclic) bond motifs is 1. The molecule has 0 spiro atoms. The highest BCUT2D eigenvalue weighted by atomic mass is 16.3. The molecular weight excluding hydrogens is 430 g/mol. The first-order valence-electron chi connectivity index (χ1n) is 12.4. The third-order valence-corrected chi connectivity index (χ3v) is 7.53. The van der Waals surface area contributed by atoms with E-state index in [-0.39, 0.29) is 24.5 Å². The van der Waals surface area contributed by atoms with E-state index in [0.29, 0.717) is 43.0 Å². The number of hydrogen-bond acceptors (Lipinski definition) is 6. The van der Waals surface area contributed by atoms with Crippen LogP contribution < -0.4 is 10.2 Å². The fourth-order valence-electron chi connectivity index (χ4n) is 5.62. The molecule has 2 fully saturated rings. The maximum atomic E-state index is 12.7. The van der Waals surface area contributed by atoms with Gasteiger partial charge >= 0.3 is 0 Å². The molecular formula is C26H33N5O3. The molecule has 1 aromatic heterocycles. The van der Waals surface area contributed by atoms with Crippen molar-refractivity contribution in [1.29, 1.82) is 0 Å². The van der Waals surface area contributed by atoms with Crippen LogP contribution in [0.25, 0.3) is 0 Å². The third kappa shape index (κ3) is 4.27. The predicted octanol–water partition coefficient (Wildman–Crippen LogP) is 2.21. The number of likely N-dealkylation sites (tertiary alicyclic amines) is 1. The number of carbonyl (C=O) groups is 2. The third-order valence-electron chi connectivity index (χ3n) is 7.53. The number of aromatic nitrogens is 2. The Morgan fingerprint density at radius 2 is 1.79 bits per heavy atom. The molecule has 4 heterocycles. The van der Waals surface area contributed by atoms with Gasteiger partial charge < -0.3 is 20.2 Å². The number of anilines is 1. The van der Waals surface area contributed by atoms with Gasteiger partial charge in [-0.05, 0) is 50.7 Å². The van der Waals surface area contributed by atoms with Crippen molar-refractivity contribution >= 4 is 17.8 Å². The molecule has 34 heavy (non-hydrogen) atoms. The van der Waals surface area contributed by atoms with Crippen LogP contribution in [-0.2, 0) is 24.2 Å². The van der Waals surface area contributed by atoms with Crippen LogP contribution in [0.5, 0.6) is 0 Å². The van der Waals surface area contributed by atoms with Crippen molar-refractivity contribution < 1.29 is 14.7 Å².